The molecular formula is C35H26BrClIN3O4S. The highest BCUT2D eigenvalue weighted by atomic mass is 127. The number of fused-ring (bicyclic) bond motifs is 1. The van der Waals surface area contributed by atoms with Crippen molar-refractivity contribution in [3.63, 3.8) is 0 Å². The molecule has 0 spiro atoms. The smallest absolute Gasteiger partial charge is 0.271 e. The predicted octanol–water partition coefficient (Wildman–Crippen LogP) is 7.48. The van der Waals surface area contributed by atoms with Gasteiger partial charge in [-0.15, -0.1) is 0 Å². The normalized spacial score (nSPS) is 14.5. The van der Waals surface area contributed by atoms with Crippen LogP contribution in [-0.4, -0.2) is 17.6 Å². The Balaban J connectivity index is 1.47. The van der Waals surface area contributed by atoms with Gasteiger partial charge >= 0.3 is 0 Å². The Morgan fingerprint density at radius 3 is 2.63 bits per heavy atom. The summed E-state index contributed by atoms with van der Waals surface area (Å²) in [6.45, 7) is 2.10. The van der Waals surface area contributed by atoms with Gasteiger partial charge in [0.15, 0.2) is 4.80 Å². The van der Waals surface area contributed by atoms with Crippen molar-refractivity contribution < 1.29 is 14.3 Å². The lowest BCUT2D eigenvalue weighted by molar-refractivity contribution is -0.113. The number of amides is 1. The molecule has 1 aromatic heterocycles. The molecule has 0 aliphatic carbocycles. The van der Waals surface area contributed by atoms with Gasteiger partial charge in [-0.3, -0.25) is 14.2 Å². The number of hydrogen-bond donors (Lipinski definition) is 1. The number of methoxy groups -OCH3 is 1. The van der Waals surface area contributed by atoms with Crippen LogP contribution in [0.25, 0.3) is 6.08 Å². The van der Waals surface area contributed by atoms with E-state index in [2.05, 4.69) is 43.8 Å². The van der Waals surface area contributed by atoms with Gasteiger partial charge < -0.3 is 14.8 Å². The first-order valence-corrected chi connectivity index (χ1v) is 17.2. The molecule has 2 heterocycles. The van der Waals surface area contributed by atoms with Gasteiger partial charge in [-0.1, -0.05) is 81.3 Å². The molecule has 1 N–H and O–H groups in total. The van der Waals surface area contributed by atoms with Crippen LogP contribution in [0.1, 0.15) is 29.7 Å². The Morgan fingerprint density at radius 2 is 1.87 bits per heavy atom. The molecular weight excluding hydrogens is 801 g/mol. The molecule has 6 rings (SSSR count). The lowest BCUT2D eigenvalue weighted by atomic mass is 9.95. The third-order valence-electron chi connectivity index (χ3n) is 7.30. The Bertz CT molecular complexity index is 2180. The fraction of sp³-hybridized carbons (Fsp3) is 0.114. The maximum atomic E-state index is 14.3. The molecule has 0 radical (unpaired) electrons. The van der Waals surface area contributed by atoms with E-state index in [0.29, 0.717) is 49.4 Å². The van der Waals surface area contributed by atoms with Crippen LogP contribution in [0.3, 0.4) is 0 Å². The van der Waals surface area contributed by atoms with Crippen LogP contribution in [0.4, 0.5) is 5.69 Å². The monoisotopic (exact) mass is 825 g/mol. The highest BCUT2D eigenvalue weighted by molar-refractivity contribution is 14.1. The molecule has 0 fully saturated rings. The summed E-state index contributed by atoms with van der Waals surface area (Å²) < 4.78 is 15.6. The predicted molar refractivity (Wildman–Crippen MR) is 194 cm³/mol. The van der Waals surface area contributed by atoms with E-state index in [1.807, 2.05) is 97.1 Å². The maximum Gasteiger partial charge on any atom is 0.271 e. The van der Waals surface area contributed by atoms with E-state index in [1.54, 1.807) is 18.6 Å². The van der Waals surface area contributed by atoms with Crippen LogP contribution in [0.5, 0.6) is 11.5 Å². The van der Waals surface area contributed by atoms with E-state index in [1.165, 1.54) is 11.3 Å². The Hall–Kier alpha value is -3.71. The number of para-hydroxylation sites is 1. The molecule has 4 aromatic carbocycles. The van der Waals surface area contributed by atoms with Gasteiger partial charge in [-0.2, -0.15) is 0 Å². The number of nitrogens with one attached hydrogen (secondary N) is 1. The van der Waals surface area contributed by atoms with Crippen molar-refractivity contribution >= 4 is 79.1 Å². The molecule has 0 unspecified atom stereocenters. The summed E-state index contributed by atoms with van der Waals surface area (Å²) in [7, 11) is 1.58. The number of hydrogen-bond acceptors (Lipinski definition) is 6. The van der Waals surface area contributed by atoms with Crippen LogP contribution in [0, 0.1) is 3.57 Å². The Labute approximate surface area is 296 Å². The van der Waals surface area contributed by atoms with Crippen LogP contribution in [0.2, 0.25) is 5.02 Å². The second-order valence-electron chi connectivity index (χ2n) is 10.4. The van der Waals surface area contributed by atoms with Crippen LogP contribution < -0.4 is 29.7 Å². The molecule has 0 saturated heterocycles. The van der Waals surface area contributed by atoms with Gasteiger partial charge in [0, 0.05) is 20.7 Å². The molecule has 7 nitrogen and oxygen atoms in total. The zero-order valence-electron chi connectivity index (χ0n) is 24.6. The number of benzene rings is 4. The summed E-state index contributed by atoms with van der Waals surface area (Å²) >= 11 is 13.3. The van der Waals surface area contributed by atoms with Crippen molar-refractivity contribution in [3.05, 3.63) is 152 Å². The molecule has 1 aliphatic rings. The van der Waals surface area contributed by atoms with Crippen molar-refractivity contribution in [2.45, 2.75) is 19.6 Å². The van der Waals surface area contributed by atoms with Gasteiger partial charge in [0.05, 0.1) is 32.5 Å². The molecule has 0 saturated carbocycles. The number of carbonyl (C=O) groups is 1. The van der Waals surface area contributed by atoms with Gasteiger partial charge in [-0.05, 0) is 95.2 Å². The van der Waals surface area contributed by atoms with Gasteiger partial charge in [0.25, 0.3) is 11.5 Å². The standard InChI is InChI=1S/C35H26BrClIN3O4S/c1-20-30(33(42)40-26-11-4-3-5-12-26)31(22-9-7-13-27(16-22)44-2)41-34(43)29(46-35(41)39-20)17-23-15-24(36)18-28(38)32(23)45-19-21-8-6-10-25(37)14-21/h3-18,31H,19H2,1-2H3,(H,40,42)/b29-17-/t31-/m0/s1. The summed E-state index contributed by atoms with van der Waals surface area (Å²) in [4.78, 5) is 33.4. The van der Waals surface area contributed by atoms with Crippen molar-refractivity contribution in [1.29, 1.82) is 0 Å². The van der Waals surface area contributed by atoms with Crippen molar-refractivity contribution in [2.75, 3.05) is 12.4 Å². The fourth-order valence-corrected chi connectivity index (χ4v) is 8.18. The summed E-state index contributed by atoms with van der Waals surface area (Å²) in [6.07, 6.45) is 1.82. The lowest BCUT2D eigenvalue weighted by Crippen LogP contribution is -2.40. The van der Waals surface area contributed by atoms with Gasteiger partial charge in [0.1, 0.15) is 18.1 Å². The van der Waals surface area contributed by atoms with Crippen LogP contribution >= 0.6 is 61.5 Å². The second kappa shape index (κ2) is 14.0. The van der Waals surface area contributed by atoms with Gasteiger partial charge in [0.2, 0.25) is 0 Å². The quantitative estimate of drug-likeness (QED) is 0.165. The minimum Gasteiger partial charge on any atom is -0.497 e. The van der Waals surface area contributed by atoms with Crippen molar-refractivity contribution in [1.82, 2.24) is 4.57 Å². The number of ether oxygens (including phenoxy) is 2. The van der Waals surface area contributed by atoms with E-state index in [4.69, 9.17) is 26.1 Å². The van der Waals surface area contributed by atoms with E-state index in [9.17, 15) is 9.59 Å². The molecule has 1 amide bonds. The van der Waals surface area contributed by atoms with Crippen molar-refractivity contribution in [3.8, 4) is 11.5 Å². The van der Waals surface area contributed by atoms with Crippen LogP contribution in [-0.2, 0) is 11.4 Å². The summed E-state index contributed by atoms with van der Waals surface area (Å²) in [5, 5.41) is 3.61. The molecule has 46 heavy (non-hydrogen) atoms. The zero-order chi connectivity index (χ0) is 32.4. The SMILES string of the molecule is COc1cccc([C@H]2C(C(=O)Nc3ccccc3)=C(C)N=c3s/c(=C\c4cc(Br)cc(I)c4OCc4cccc(Cl)c4)c(=O)n32)c1. The first-order chi connectivity index (χ1) is 22.2. The van der Waals surface area contributed by atoms with Gasteiger partial charge in [-0.25, -0.2) is 4.99 Å². The maximum absolute atomic E-state index is 14.3. The average Bonchev–Trinajstić information content (AvgIpc) is 3.34. The largest absolute Gasteiger partial charge is 0.497 e. The number of thiazole rings is 1. The highest BCUT2D eigenvalue weighted by Crippen LogP contribution is 2.34. The number of allylic oxidation sites excluding steroid dienone is 1. The molecule has 11 heteroatoms. The molecule has 5 aromatic rings. The third-order valence-corrected chi connectivity index (χ3v) is 9.78. The molecule has 1 aliphatic heterocycles. The number of rotatable bonds is 8. The number of anilines is 1. The number of halogens is 3. The Kier molecular flexibility index (Phi) is 9.78. The molecule has 0 bridgehead atoms. The zero-order valence-corrected chi connectivity index (χ0v) is 29.9. The lowest BCUT2D eigenvalue weighted by Gasteiger charge is -2.25. The van der Waals surface area contributed by atoms with Crippen molar-refractivity contribution in [2.24, 2.45) is 4.99 Å². The average molecular weight is 827 g/mol. The minimum atomic E-state index is -0.738. The topological polar surface area (TPSA) is 81.9 Å². The second-order valence-corrected chi connectivity index (χ2v) is 13.9. The number of nitrogens with zero attached hydrogens (tertiary/aromatic N) is 2. The molecule has 232 valence electrons. The summed E-state index contributed by atoms with van der Waals surface area (Å²) in [5.74, 6) is 0.910. The number of aromatic nitrogens is 1. The summed E-state index contributed by atoms with van der Waals surface area (Å²) in [5.41, 5.74) is 3.64. The fourth-order valence-electron chi connectivity index (χ4n) is 5.22. The van der Waals surface area contributed by atoms with E-state index >= 15 is 0 Å². The number of carbonyl (C=O) groups excluding carboxylic acids is 1. The first kappa shape index (κ1) is 32.2. The van der Waals surface area contributed by atoms with E-state index in [-0.39, 0.29) is 11.5 Å². The minimum absolute atomic E-state index is 0.273. The molecule has 1 atom stereocenters. The Morgan fingerprint density at radius 1 is 1.09 bits per heavy atom. The highest BCUT2D eigenvalue weighted by Gasteiger charge is 2.33. The van der Waals surface area contributed by atoms with E-state index in [0.717, 1.165) is 24.7 Å². The van der Waals surface area contributed by atoms with E-state index < -0.39 is 6.04 Å². The third kappa shape index (κ3) is 6.85. The first-order valence-electron chi connectivity index (χ1n) is 14.1. The summed E-state index contributed by atoms with van der Waals surface area (Å²) in [6, 6.07) is 27.2. The van der Waals surface area contributed by atoms with Crippen LogP contribution in [0.15, 0.2) is 117 Å².